The van der Waals surface area contributed by atoms with Crippen LogP contribution < -0.4 is 9.62 Å². The number of rotatable bonds is 8. The number of piperazine rings is 1. The first-order chi connectivity index (χ1) is 17.2. The highest BCUT2D eigenvalue weighted by Crippen LogP contribution is 2.31. The second-order valence-corrected chi connectivity index (χ2v) is 10.9. The Kier molecular flexibility index (Phi) is 7.81. The number of sulfonamides is 1. The van der Waals surface area contributed by atoms with Crippen LogP contribution in [-0.2, 0) is 21.8 Å². The molecule has 36 heavy (non-hydrogen) atoms. The normalized spacial score (nSPS) is 15.7. The van der Waals surface area contributed by atoms with Crippen molar-refractivity contribution in [3.63, 3.8) is 0 Å². The number of likely N-dealkylation sites (N-methyl/N-ethyl adjacent to an activating group) is 1. The summed E-state index contributed by atoms with van der Waals surface area (Å²) in [7, 11) is 1.59. The van der Waals surface area contributed by atoms with Crippen LogP contribution in [0.15, 0.2) is 53.4 Å². The highest BCUT2D eigenvalue weighted by molar-refractivity contribution is 7.93. The Bertz CT molecular complexity index is 1430. The van der Waals surface area contributed by atoms with E-state index in [0.29, 0.717) is 11.3 Å². The average molecular weight is 508 g/mol. The first-order valence-corrected chi connectivity index (χ1v) is 13.5. The summed E-state index contributed by atoms with van der Waals surface area (Å²) >= 11 is 0. The van der Waals surface area contributed by atoms with Crippen molar-refractivity contribution < 1.29 is 13.2 Å². The van der Waals surface area contributed by atoms with Gasteiger partial charge in [0, 0.05) is 69.5 Å². The SMILES string of the molecule is COCCNS(=O)(=O)/C(C#N)=C(\C)c1ccc(-c2ccc3cc(N4CCN(C)CC4)ccc3c2)n1C. The molecule has 0 saturated carbocycles. The molecule has 0 bridgehead atoms. The molecule has 0 unspecified atom stereocenters. The molecule has 1 saturated heterocycles. The number of allylic oxidation sites excluding steroid dienone is 2. The van der Waals surface area contributed by atoms with Crippen molar-refractivity contribution >= 4 is 32.1 Å². The molecule has 8 nitrogen and oxygen atoms in total. The number of fused-ring (bicyclic) bond motifs is 1. The van der Waals surface area contributed by atoms with Gasteiger partial charge < -0.3 is 19.1 Å². The van der Waals surface area contributed by atoms with E-state index in [-0.39, 0.29) is 18.1 Å². The van der Waals surface area contributed by atoms with Gasteiger partial charge >= 0.3 is 0 Å². The molecule has 0 aliphatic carbocycles. The van der Waals surface area contributed by atoms with Gasteiger partial charge in [0.2, 0.25) is 0 Å². The molecule has 0 amide bonds. The van der Waals surface area contributed by atoms with Crippen molar-refractivity contribution in [2.75, 3.05) is 58.4 Å². The van der Waals surface area contributed by atoms with E-state index in [1.54, 1.807) is 6.92 Å². The van der Waals surface area contributed by atoms with E-state index < -0.39 is 10.0 Å². The second-order valence-electron chi connectivity index (χ2n) is 9.16. The van der Waals surface area contributed by atoms with Crippen molar-refractivity contribution in [3.8, 4) is 17.3 Å². The molecule has 190 valence electrons. The lowest BCUT2D eigenvalue weighted by Crippen LogP contribution is -2.44. The number of nitriles is 1. The molecular formula is C27H33N5O3S. The Hall–Kier alpha value is -3.16. The van der Waals surface area contributed by atoms with Gasteiger partial charge in [-0.1, -0.05) is 18.2 Å². The van der Waals surface area contributed by atoms with Gasteiger partial charge in [-0.05, 0) is 60.6 Å². The van der Waals surface area contributed by atoms with Crippen molar-refractivity contribution in [1.82, 2.24) is 14.2 Å². The molecule has 0 radical (unpaired) electrons. The number of nitrogens with zero attached hydrogens (tertiary/aromatic N) is 4. The summed E-state index contributed by atoms with van der Waals surface area (Å²) in [6.07, 6.45) is 0. The number of hydrogen-bond donors (Lipinski definition) is 1. The summed E-state index contributed by atoms with van der Waals surface area (Å²) in [6, 6.07) is 18.6. The van der Waals surface area contributed by atoms with Crippen molar-refractivity contribution in [3.05, 3.63) is 59.1 Å². The number of hydrogen-bond acceptors (Lipinski definition) is 6. The predicted molar refractivity (Wildman–Crippen MR) is 145 cm³/mol. The van der Waals surface area contributed by atoms with Crippen LogP contribution in [0.3, 0.4) is 0 Å². The Morgan fingerprint density at radius 2 is 1.72 bits per heavy atom. The zero-order valence-electron chi connectivity index (χ0n) is 21.3. The molecule has 1 aromatic heterocycles. The Balaban J connectivity index is 1.63. The van der Waals surface area contributed by atoms with Crippen LogP contribution in [0.1, 0.15) is 12.6 Å². The van der Waals surface area contributed by atoms with Crippen LogP contribution in [0, 0.1) is 11.3 Å². The van der Waals surface area contributed by atoms with Gasteiger partial charge in [0.05, 0.1) is 6.61 Å². The summed E-state index contributed by atoms with van der Waals surface area (Å²) < 4.78 is 34.6. The Labute approximate surface area is 213 Å². The van der Waals surface area contributed by atoms with Gasteiger partial charge in [-0.15, -0.1) is 0 Å². The second kappa shape index (κ2) is 10.8. The van der Waals surface area contributed by atoms with Crippen molar-refractivity contribution in [1.29, 1.82) is 5.26 Å². The Morgan fingerprint density at radius 1 is 1.03 bits per heavy atom. The van der Waals surface area contributed by atoms with E-state index in [4.69, 9.17) is 4.74 Å². The monoisotopic (exact) mass is 507 g/mol. The number of aromatic nitrogens is 1. The van der Waals surface area contributed by atoms with Crippen molar-refractivity contribution in [2.24, 2.45) is 7.05 Å². The molecule has 1 aliphatic heterocycles. The molecule has 0 atom stereocenters. The fourth-order valence-corrected chi connectivity index (χ4v) is 5.77. The summed E-state index contributed by atoms with van der Waals surface area (Å²) in [4.78, 5) is 4.49. The fraction of sp³-hybridized carbons (Fsp3) is 0.370. The Morgan fingerprint density at radius 3 is 2.42 bits per heavy atom. The van der Waals surface area contributed by atoms with E-state index in [1.807, 2.05) is 29.8 Å². The highest BCUT2D eigenvalue weighted by Gasteiger charge is 2.22. The minimum atomic E-state index is -3.94. The summed E-state index contributed by atoms with van der Waals surface area (Å²) in [5.41, 5.74) is 4.28. The van der Waals surface area contributed by atoms with Gasteiger partial charge in [-0.3, -0.25) is 0 Å². The fourth-order valence-electron chi connectivity index (χ4n) is 4.64. The number of benzene rings is 2. The van der Waals surface area contributed by atoms with Gasteiger partial charge in [-0.2, -0.15) is 5.26 Å². The third-order valence-corrected chi connectivity index (χ3v) is 8.32. The molecule has 1 N–H and O–H groups in total. The molecule has 0 spiro atoms. The maximum atomic E-state index is 12.7. The maximum absolute atomic E-state index is 12.7. The highest BCUT2D eigenvalue weighted by atomic mass is 32.2. The lowest BCUT2D eigenvalue weighted by Gasteiger charge is -2.34. The molecule has 3 aromatic rings. The van der Waals surface area contributed by atoms with Crippen LogP contribution in [0.4, 0.5) is 5.69 Å². The van der Waals surface area contributed by atoms with Crippen LogP contribution in [0.2, 0.25) is 0 Å². The third kappa shape index (κ3) is 5.32. The summed E-state index contributed by atoms with van der Waals surface area (Å²) in [5, 5.41) is 12.0. The molecular weight excluding hydrogens is 474 g/mol. The lowest BCUT2D eigenvalue weighted by molar-refractivity contribution is 0.204. The van der Waals surface area contributed by atoms with E-state index in [9.17, 15) is 13.7 Å². The number of methoxy groups -OCH3 is 1. The third-order valence-electron chi connectivity index (χ3n) is 6.80. The average Bonchev–Trinajstić information content (AvgIpc) is 3.25. The van der Waals surface area contributed by atoms with Crippen LogP contribution >= 0.6 is 0 Å². The van der Waals surface area contributed by atoms with Crippen LogP contribution in [-0.4, -0.2) is 71.4 Å². The van der Waals surface area contributed by atoms with E-state index in [2.05, 4.69) is 58.0 Å². The topological polar surface area (TPSA) is 90.6 Å². The largest absolute Gasteiger partial charge is 0.383 e. The van der Waals surface area contributed by atoms with E-state index >= 15 is 0 Å². The molecule has 2 heterocycles. The smallest absolute Gasteiger partial charge is 0.251 e. The van der Waals surface area contributed by atoms with Gasteiger partial charge in [0.1, 0.15) is 6.07 Å². The van der Waals surface area contributed by atoms with Gasteiger partial charge in [-0.25, -0.2) is 13.1 Å². The zero-order chi connectivity index (χ0) is 25.9. The summed E-state index contributed by atoms with van der Waals surface area (Å²) in [5.74, 6) is 0. The number of ether oxygens (including phenoxy) is 1. The van der Waals surface area contributed by atoms with Crippen LogP contribution in [0.5, 0.6) is 0 Å². The number of nitrogens with one attached hydrogen (secondary N) is 1. The minimum absolute atomic E-state index is 0.100. The number of anilines is 1. The lowest BCUT2D eigenvalue weighted by atomic mass is 10.0. The quantitative estimate of drug-likeness (QED) is 0.371. The maximum Gasteiger partial charge on any atom is 0.251 e. The van der Waals surface area contributed by atoms with Crippen molar-refractivity contribution in [2.45, 2.75) is 6.92 Å². The molecule has 2 aromatic carbocycles. The van der Waals surface area contributed by atoms with Gasteiger partial charge in [0.25, 0.3) is 10.0 Å². The molecule has 4 rings (SSSR count). The first-order valence-electron chi connectivity index (χ1n) is 12.0. The first kappa shape index (κ1) is 25.9. The summed E-state index contributed by atoms with van der Waals surface area (Å²) in [6.45, 7) is 6.18. The van der Waals surface area contributed by atoms with E-state index in [1.165, 1.54) is 18.2 Å². The zero-order valence-corrected chi connectivity index (χ0v) is 22.1. The minimum Gasteiger partial charge on any atom is -0.383 e. The molecule has 1 aliphatic rings. The molecule has 1 fully saturated rings. The standard InChI is InChI=1S/C27H33N5O3S/c1-20(27(19-28)36(33,34)29-11-16-35-4)25-9-10-26(31(25)3)23-6-5-22-18-24(8-7-21(22)17-23)32-14-12-30(2)13-15-32/h5-10,17-18,29H,11-16H2,1-4H3/b27-20+. The predicted octanol–water partition coefficient (Wildman–Crippen LogP) is 3.42. The van der Waals surface area contributed by atoms with Gasteiger partial charge in [0.15, 0.2) is 4.91 Å². The van der Waals surface area contributed by atoms with Crippen LogP contribution in [0.25, 0.3) is 27.6 Å². The van der Waals surface area contributed by atoms with E-state index in [0.717, 1.165) is 42.8 Å². The molecule has 9 heteroatoms.